The summed E-state index contributed by atoms with van der Waals surface area (Å²) in [6.45, 7) is 2.11. The highest BCUT2D eigenvalue weighted by atomic mass is 16.1. The van der Waals surface area contributed by atoms with Crippen molar-refractivity contribution in [3.8, 4) is 0 Å². The molecule has 2 aromatic rings. The van der Waals surface area contributed by atoms with Gasteiger partial charge >= 0.3 is 0 Å². The van der Waals surface area contributed by atoms with Crippen LogP contribution in [0.25, 0.3) is 0 Å². The van der Waals surface area contributed by atoms with Crippen LogP contribution < -0.4 is 10.6 Å². The van der Waals surface area contributed by atoms with Crippen LogP contribution in [0.5, 0.6) is 0 Å². The van der Waals surface area contributed by atoms with Gasteiger partial charge in [-0.05, 0) is 37.5 Å². The Bertz CT molecular complexity index is 648. The zero-order valence-corrected chi connectivity index (χ0v) is 14.2. The number of hydrogen-bond acceptors (Lipinski definition) is 3. The van der Waals surface area contributed by atoms with Crippen molar-refractivity contribution >= 4 is 17.4 Å². The van der Waals surface area contributed by atoms with Gasteiger partial charge in [-0.2, -0.15) is 0 Å². The Balaban J connectivity index is 1.56. The standard InChI is InChI=1S/C20H25N3O/c1-15(16-8-4-2-5-9-16)22-19-13-12-18(14-21-19)23-20(24)17-10-6-3-7-11-17/h2,4-5,8-9,12-15,17H,3,6-7,10-11H2,1H3,(H,21,22)(H,23,24). The van der Waals surface area contributed by atoms with Gasteiger partial charge in [0.2, 0.25) is 5.91 Å². The van der Waals surface area contributed by atoms with Crippen LogP contribution in [0.4, 0.5) is 11.5 Å². The SMILES string of the molecule is CC(Nc1ccc(NC(=O)C2CCCCC2)cn1)c1ccccc1. The lowest BCUT2D eigenvalue weighted by Crippen LogP contribution is -2.24. The van der Waals surface area contributed by atoms with E-state index in [0.29, 0.717) is 0 Å². The molecule has 1 atom stereocenters. The summed E-state index contributed by atoms with van der Waals surface area (Å²) in [7, 11) is 0. The molecule has 0 saturated heterocycles. The Morgan fingerprint density at radius 2 is 1.83 bits per heavy atom. The van der Waals surface area contributed by atoms with Gasteiger partial charge in [0.15, 0.2) is 0 Å². The third kappa shape index (κ3) is 4.34. The van der Waals surface area contributed by atoms with Crippen LogP contribution in [0.2, 0.25) is 0 Å². The summed E-state index contributed by atoms with van der Waals surface area (Å²) in [4.78, 5) is 16.7. The Kier molecular flexibility index (Phi) is 5.47. The minimum absolute atomic E-state index is 0.134. The predicted molar refractivity (Wildman–Crippen MR) is 97.9 cm³/mol. The molecular weight excluding hydrogens is 298 g/mol. The number of carbonyl (C=O) groups excluding carboxylic acids is 1. The molecule has 1 heterocycles. The highest BCUT2D eigenvalue weighted by Gasteiger charge is 2.21. The minimum Gasteiger partial charge on any atom is -0.364 e. The fourth-order valence-corrected chi connectivity index (χ4v) is 3.21. The molecule has 0 spiro atoms. The molecule has 1 aliphatic rings. The van der Waals surface area contributed by atoms with Gasteiger partial charge in [-0.3, -0.25) is 4.79 Å². The van der Waals surface area contributed by atoms with Crippen molar-refractivity contribution in [2.75, 3.05) is 10.6 Å². The third-order valence-electron chi connectivity index (χ3n) is 4.67. The number of carbonyl (C=O) groups is 1. The van der Waals surface area contributed by atoms with Gasteiger partial charge in [-0.25, -0.2) is 4.98 Å². The molecule has 1 saturated carbocycles. The molecule has 2 N–H and O–H groups in total. The molecule has 1 amide bonds. The second kappa shape index (κ2) is 7.95. The van der Waals surface area contributed by atoms with Crippen molar-refractivity contribution < 1.29 is 4.79 Å². The summed E-state index contributed by atoms with van der Waals surface area (Å²) in [5, 5.41) is 6.37. The third-order valence-corrected chi connectivity index (χ3v) is 4.67. The normalized spacial score (nSPS) is 16.4. The number of aromatic nitrogens is 1. The molecule has 0 aliphatic heterocycles. The number of nitrogens with one attached hydrogen (secondary N) is 2. The van der Waals surface area contributed by atoms with E-state index in [1.807, 2.05) is 30.3 Å². The Labute approximate surface area is 143 Å². The van der Waals surface area contributed by atoms with E-state index in [9.17, 15) is 4.79 Å². The molecule has 126 valence electrons. The first-order valence-electron chi connectivity index (χ1n) is 8.81. The quantitative estimate of drug-likeness (QED) is 0.833. The molecule has 4 heteroatoms. The lowest BCUT2D eigenvalue weighted by Gasteiger charge is -2.20. The number of benzene rings is 1. The lowest BCUT2D eigenvalue weighted by molar-refractivity contribution is -0.120. The molecule has 3 rings (SSSR count). The smallest absolute Gasteiger partial charge is 0.227 e. The summed E-state index contributed by atoms with van der Waals surface area (Å²) >= 11 is 0. The van der Waals surface area contributed by atoms with E-state index in [4.69, 9.17) is 0 Å². The first-order valence-corrected chi connectivity index (χ1v) is 8.81. The zero-order chi connectivity index (χ0) is 16.8. The van der Waals surface area contributed by atoms with Crippen LogP contribution in [-0.2, 0) is 4.79 Å². The van der Waals surface area contributed by atoms with E-state index in [-0.39, 0.29) is 17.9 Å². The first-order chi connectivity index (χ1) is 11.7. The number of anilines is 2. The zero-order valence-electron chi connectivity index (χ0n) is 14.2. The largest absolute Gasteiger partial charge is 0.364 e. The maximum atomic E-state index is 12.3. The fraction of sp³-hybridized carbons (Fsp3) is 0.400. The van der Waals surface area contributed by atoms with E-state index in [0.717, 1.165) is 37.2 Å². The maximum absolute atomic E-state index is 12.3. The molecule has 0 bridgehead atoms. The molecule has 0 radical (unpaired) electrons. The number of amides is 1. The van der Waals surface area contributed by atoms with E-state index < -0.39 is 0 Å². The Hall–Kier alpha value is -2.36. The topological polar surface area (TPSA) is 54.0 Å². The van der Waals surface area contributed by atoms with Crippen LogP contribution in [0.15, 0.2) is 48.7 Å². The van der Waals surface area contributed by atoms with Crippen molar-refractivity contribution in [2.24, 2.45) is 5.92 Å². The lowest BCUT2D eigenvalue weighted by atomic mass is 9.88. The molecule has 4 nitrogen and oxygen atoms in total. The molecule has 1 unspecified atom stereocenters. The summed E-state index contributed by atoms with van der Waals surface area (Å²) < 4.78 is 0. The highest BCUT2D eigenvalue weighted by molar-refractivity contribution is 5.92. The van der Waals surface area contributed by atoms with Gasteiger partial charge in [0.1, 0.15) is 5.82 Å². The molecule has 1 aromatic carbocycles. The van der Waals surface area contributed by atoms with Gasteiger partial charge in [0.05, 0.1) is 11.9 Å². The average Bonchev–Trinajstić information content (AvgIpc) is 2.65. The van der Waals surface area contributed by atoms with Crippen molar-refractivity contribution in [3.05, 3.63) is 54.2 Å². The summed E-state index contributed by atoms with van der Waals surface area (Å²) in [6.07, 6.45) is 7.32. The van der Waals surface area contributed by atoms with E-state index in [1.54, 1.807) is 6.20 Å². The van der Waals surface area contributed by atoms with Gasteiger partial charge in [-0.15, -0.1) is 0 Å². The van der Waals surface area contributed by atoms with Crippen LogP contribution in [-0.4, -0.2) is 10.9 Å². The highest BCUT2D eigenvalue weighted by Crippen LogP contribution is 2.25. The molecule has 1 aliphatic carbocycles. The Morgan fingerprint density at radius 3 is 2.50 bits per heavy atom. The van der Waals surface area contributed by atoms with Gasteiger partial charge in [0, 0.05) is 12.0 Å². The van der Waals surface area contributed by atoms with Gasteiger partial charge in [-0.1, -0.05) is 49.6 Å². The van der Waals surface area contributed by atoms with Crippen LogP contribution in [0.3, 0.4) is 0 Å². The van der Waals surface area contributed by atoms with Gasteiger partial charge in [0.25, 0.3) is 0 Å². The summed E-state index contributed by atoms with van der Waals surface area (Å²) in [5.74, 6) is 1.10. The molecular formula is C20H25N3O. The second-order valence-corrected chi connectivity index (χ2v) is 6.53. The van der Waals surface area contributed by atoms with E-state index in [2.05, 4.69) is 34.7 Å². The monoisotopic (exact) mass is 323 g/mol. The summed E-state index contributed by atoms with van der Waals surface area (Å²) in [6, 6.07) is 14.3. The minimum atomic E-state index is 0.134. The Morgan fingerprint density at radius 1 is 1.08 bits per heavy atom. The summed E-state index contributed by atoms with van der Waals surface area (Å²) in [5.41, 5.74) is 1.98. The van der Waals surface area contributed by atoms with Crippen LogP contribution in [0.1, 0.15) is 50.6 Å². The molecule has 24 heavy (non-hydrogen) atoms. The van der Waals surface area contributed by atoms with Gasteiger partial charge < -0.3 is 10.6 Å². The number of pyridine rings is 1. The number of rotatable bonds is 5. The van der Waals surface area contributed by atoms with E-state index in [1.165, 1.54) is 12.0 Å². The van der Waals surface area contributed by atoms with E-state index >= 15 is 0 Å². The van der Waals surface area contributed by atoms with Crippen molar-refractivity contribution in [3.63, 3.8) is 0 Å². The molecule has 1 fully saturated rings. The predicted octanol–water partition coefficient (Wildman–Crippen LogP) is 4.77. The average molecular weight is 323 g/mol. The first kappa shape index (κ1) is 16.5. The fourth-order valence-electron chi connectivity index (χ4n) is 3.21. The van der Waals surface area contributed by atoms with Crippen LogP contribution >= 0.6 is 0 Å². The van der Waals surface area contributed by atoms with Crippen molar-refractivity contribution in [2.45, 2.75) is 45.1 Å². The number of nitrogens with zero attached hydrogens (tertiary/aromatic N) is 1. The number of hydrogen-bond donors (Lipinski definition) is 2. The maximum Gasteiger partial charge on any atom is 0.227 e. The van der Waals surface area contributed by atoms with Crippen molar-refractivity contribution in [1.29, 1.82) is 0 Å². The van der Waals surface area contributed by atoms with Crippen LogP contribution in [0, 0.1) is 5.92 Å². The second-order valence-electron chi connectivity index (χ2n) is 6.53. The molecule has 1 aromatic heterocycles. The van der Waals surface area contributed by atoms with Crippen molar-refractivity contribution in [1.82, 2.24) is 4.98 Å².